The van der Waals surface area contributed by atoms with Crippen LogP contribution in [0.2, 0.25) is 0 Å². The number of anilines is 2. The summed E-state index contributed by atoms with van der Waals surface area (Å²) >= 11 is 0. The highest BCUT2D eigenvalue weighted by Crippen LogP contribution is 2.26. The SMILES string of the molecule is CC(O)C(=O)N1CCC[C@@H](Nc2ncnc(N)c2C(=N)c2ccc(Oc3ccccc3)cc2)C1. The summed E-state index contributed by atoms with van der Waals surface area (Å²) in [5, 5.41) is 21.8. The second-order valence-electron chi connectivity index (χ2n) is 8.24. The maximum Gasteiger partial charge on any atom is 0.251 e. The minimum atomic E-state index is -1.04. The van der Waals surface area contributed by atoms with E-state index in [9.17, 15) is 9.90 Å². The maximum atomic E-state index is 12.2. The van der Waals surface area contributed by atoms with Gasteiger partial charge in [0, 0.05) is 24.7 Å². The Hall–Kier alpha value is -3.98. The Morgan fingerprint density at radius 1 is 1.18 bits per heavy atom. The number of nitrogens with zero attached hydrogens (tertiary/aromatic N) is 3. The molecule has 2 heterocycles. The summed E-state index contributed by atoms with van der Waals surface area (Å²) in [7, 11) is 0. The number of aliphatic hydroxyl groups is 1. The molecule has 3 aromatic rings. The third kappa shape index (κ3) is 5.32. The van der Waals surface area contributed by atoms with Crippen molar-refractivity contribution >= 4 is 23.3 Å². The van der Waals surface area contributed by atoms with E-state index in [1.165, 1.54) is 13.3 Å². The molecule has 1 fully saturated rings. The number of carbonyl (C=O) groups is 1. The normalized spacial score (nSPS) is 16.5. The van der Waals surface area contributed by atoms with Gasteiger partial charge in [0.1, 0.15) is 35.6 Å². The average molecular weight is 461 g/mol. The first kappa shape index (κ1) is 23.2. The van der Waals surface area contributed by atoms with E-state index in [2.05, 4.69) is 15.3 Å². The zero-order chi connectivity index (χ0) is 24.1. The highest BCUT2D eigenvalue weighted by Gasteiger charge is 2.27. The van der Waals surface area contributed by atoms with Crippen LogP contribution in [0.25, 0.3) is 0 Å². The van der Waals surface area contributed by atoms with E-state index in [1.54, 1.807) is 29.2 Å². The Balaban J connectivity index is 1.51. The summed E-state index contributed by atoms with van der Waals surface area (Å²) in [6, 6.07) is 16.6. The van der Waals surface area contributed by atoms with Gasteiger partial charge >= 0.3 is 0 Å². The Bertz CT molecular complexity index is 1150. The van der Waals surface area contributed by atoms with E-state index in [-0.39, 0.29) is 23.5 Å². The monoisotopic (exact) mass is 460 g/mol. The number of amides is 1. The molecule has 2 atom stereocenters. The van der Waals surface area contributed by atoms with Gasteiger partial charge in [0.2, 0.25) is 0 Å². The van der Waals surface area contributed by atoms with Gasteiger partial charge in [0.15, 0.2) is 0 Å². The van der Waals surface area contributed by atoms with Crippen molar-refractivity contribution in [3.63, 3.8) is 0 Å². The molecule has 1 aliphatic heterocycles. The van der Waals surface area contributed by atoms with Crippen LogP contribution < -0.4 is 15.8 Å². The van der Waals surface area contributed by atoms with Crippen LogP contribution in [0.3, 0.4) is 0 Å². The molecule has 1 saturated heterocycles. The fourth-order valence-electron chi connectivity index (χ4n) is 3.97. The number of rotatable bonds is 7. The lowest BCUT2D eigenvalue weighted by molar-refractivity contribution is -0.140. The number of hydrogen-bond donors (Lipinski definition) is 4. The van der Waals surface area contributed by atoms with E-state index in [1.807, 2.05) is 30.3 Å². The van der Waals surface area contributed by atoms with Gasteiger partial charge in [-0.05, 0) is 56.2 Å². The average Bonchev–Trinajstić information content (AvgIpc) is 2.84. The third-order valence-electron chi connectivity index (χ3n) is 5.68. The third-order valence-corrected chi connectivity index (χ3v) is 5.68. The number of aliphatic hydroxyl groups excluding tert-OH is 1. The number of piperidine rings is 1. The number of ether oxygens (including phenoxy) is 1. The lowest BCUT2D eigenvalue weighted by Gasteiger charge is -2.34. The van der Waals surface area contributed by atoms with Crippen molar-refractivity contribution in [1.29, 1.82) is 5.41 Å². The predicted molar refractivity (Wildman–Crippen MR) is 130 cm³/mol. The molecule has 0 saturated carbocycles. The van der Waals surface area contributed by atoms with Crippen LogP contribution in [-0.2, 0) is 4.79 Å². The maximum absolute atomic E-state index is 12.2. The largest absolute Gasteiger partial charge is 0.457 e. The van der Waals surface area contributed by atoms with Crippen molar-refractivity contribution in [1.82, 2.24) is 14.9 Å². The van der Waals surface area contributed by atoms with Crippen LogP contribution in [-0.4, -0.2) is 56.8 Å². The Morgan fingerprint density at radius 2 is 1.88 bits per heavy atom. The van der Waals surface area contributed by atoms with E-state index in [0.29, 0.717) is 35.8 Å². The van der Waals surface area contributed by atoms with Crippen molar-refractivity contribution in [3.8, 4) is 11.5 Å². The Kier molecular flexibility index (Phi) is 7.03. The van der Waals surface area contributed by atoms with Gasteiger partial charge in [-0.15, -0.1) is 0 Å². The fraction of sp³-hybridized carbons (Fsp3) is 0.280. The van der Waals surface area contributed by atoms with Gasteiger partial charge in [0.05, 0.1) is 11.3 Å². The minimum absolute atomic E-state index is 0.0843. The van der Waals surface area contributed by atoms with Gasteiger partial charge in [-0.25, -0.2) is 9.97 Å². The summed E-state index contributed by atoms with van der Waals surface area (Å²) in [5.41, 5.74) is 7.38. The smallest absolute Gasteiger partial charge is 0.251 e. The van der Waals surface area contributed by atoms with Crippen molar-refractivity contribution in [3.05, 3.63) is 72.1 Å². The van der Waals surface area contributed by atoms with Gasteiger partial charge in [0.25, 0.3) is 5.91 Å². The van der Waals surface area contributed by atoms with Crippen LogP contribution in [0, 0.1) is 5.41 Å². The molecule has 0 spiro atoms. The molecule has 9 heteroatoms. The van der Waals surface area contributed by atoms with Gasteiger partial charge in [-0.1, -0.05) is 18.2 Å². The number of para-hydroxylation sites is 1. The molecule has 4 rings (SSSR count). The van der Waals surface area contributed by atoms with Crippen LogP contribution >= 0.6 is 0 Å². The summed E-state index contributed by atoms with van der Waals surface area (Å²) < 4.78 is 5.83. The van der Waals surface area contributed by atoms with Gasteiger partial charge < -0.3 is 25.8 Å². The molecular formula is C25H28N6O3. The van der Waals surface area contributed by atoms with Crippen molar-refractivity contribution < 1.29 is 14.6 Å². The lowest BCUT2D eigenvalue weighted by Crippen LogP contribution is -2.48. The molecule has 0 aliphatic carbocycles. The second-order valence-corrected chi connectivity index (χ2v) is 8.24. The van der Waals surface area contributed by atoms with Crippen molar-refractivity contribution in [2.24, 2.45) is 0 Å². The topological polar surface area (TPSA) is 137 Å². The van der Waals surface area contributed by atoms with E-state index in [0.717, 1.165) is 18.6 Å². The van der Waals surface area contributed by atoms with Crippen LogP contribution in [0.1, 0.15) is 30.9 Å². The summed E-state index contributed by atoms with van der Waals surface area (Å²) in [5.74, 6) is 1.73. The zero-order valence-electron chi connectivity index (χ0n) is 18.9. The number of benzene rings is 2. The van der Waals surface area contributed by atoms with E-state index in [4.69, 9.17) is 15.9 Å². The van der Waals surface area contributed by atoms with E-state index < -0.39 is 6.10 Å². The number of aromatic nitrogens is 2. The Labute approximate surface area is 198 Å². The number of nitrogens with one attached hydrogen (secondary N) is 2. The van der Waals surface area contributed by atoms with Crippen LogP contribution in [0.15, 0.2) is 60.9 Å². The van der Waals surface area contributed by atoms with Crippen LogP contribution in [0.4, 0.5) is 11.6 Å². The number of likely N-dealkylation sites (tertiary alicyclic amines) is 1. The molecule has 9 nitrogen and oxygen atoms in total. The highest BCUT2D eigenvalue weighted by molar-refractivity contribution is 6.16. The first-order valence-corrected chi connectivity index (χ1v) is 11.2. The van der Waals surface area contributed by atoms with Crippen LogP contribution in [0.5, 0.6) is 11.5 Å². The second kappa shape index (κ2) is 10.3. The standard InChI is InChI=1S/C25H28N6O3/c1-16(32)25(33)31-13-5-6-18(14-31)30-24-21(23(27)28-15-29-24)22(26)17-9-11-20(12-10-17)34-19-7-3-2-4-8-19/h2-4,7-12,15-16,18,26,32H,5-6,13-14H2,1H3,(H3,27,28,29,30)/t16?,18-/m1/s1. The summed E-state index contributed by atoms with van der Waals surface area (Å²) in [6.45, 7) is 2.51. The minimum Gasteiger partial charge on any atom is -0.457 e. The first-order chi connectivity index (χ1) is 16.4. The fourth-order valence-corrected chi connectivity index (χ4v) is 3.97. The van der Waals surface area contributed by atoms with E-state index >= 15 is 0 Å². The molecule has 1 amide bonds. The van der Waals surface area contributed by atoms with Gasteiger partial charge in [-0.2, -0.15) is 0 Å². The molecule has 34 heavy (non-hydrogen) atoms. The molecule has 176 valence electrons. The molecule has 0 radical (unpaired) electrons. The summed E-state index contributed by atoms with van der Waals surface area (Å²) in [4.78, 5) is 22.3. The van der Waals surface area contributed by atoms with Gasteiger partial charge in [-0.3, -0.25) is 10.2 Å². The molecular weight excluding hydrogens is 432 g/mol. The molecule has 1 aromatic heterocycles. The Morgan fingerprint density at radius 3 is 2.59 bits per heavy atom. The number of nitrogens with two attached hydrogens (primary N) is 1. The summed E-state index contributed by atoms with van der Waals surface area (Å²) in [6.07, 6.45) is 1.94. The highest BCUT2D eigenvalue weighted by atomic mass is 16.5. The zero-order valence-corrected chi connectivity index (χ0v) is 18.9. The number of hydrogen-bond acceptors (Lipinski definition) is 8. The van der Waals surface area contributed by atoms with Crippen molar-refractivity contribution in [2.45, 2.75) is 31.9 Å². The molecule has 1 unspecified atom stereocenters. The molecule has 2 aromatic carbocycles. The number of nitrogen functional groups attached to an aromatic ring is 1. The predicted octanol–water partition coefficient (Wildman–Crippen LogP) is 3.05. The number of carbonyl (C=O) groups excluding carboxylic acids is 1. The quantitative estimate of drug-likeness (QED) is 0.398. The molecule has 5 N–H and O–H groups in total. The van der Waals surface area contributed by atoms with Crippen molar-refractivity contribution in [2.75, 3.05) is 24.1 Å². The molecule has 1 aliphatic rings. The molecule has 0 bridgehead atoms. The lowest BCUT2D eigenvalue weighted by atomic mass is 10.0. The first-order valence-electron chi connectivity index (χ1n) is 11.2.